The van der Waals surface area contributed by atoms with Gasteiger partial charge in [-0.3, -0.25) is 4.79 Å². The van der Waals surface area contributed by atoms with Crippen molar-refractivity contribution in [1.29, 1.82) is 0 Å². The fraction of sp³-hybridized carbons (Fsp3) is 0.105. The maximum Gasteiger partial charge on any atom is 0.159 e. The topological polar surface area (TPSA) is 37.3 Å². The van der Waals surface area contributed by atoms with Crippen molar-refractivity contribution in [3.8, 4) is 0 Å². The summed E-state index contributed by atoms with van der Waals surface area (Å²) in [6.07, 6.45) is 5.67. The van der Waals surface area contributed by atoms with E-state index in [1.54, 1.807) is 6.08 Å². The van der Waals surface area contributed by atoms with E-state index in [9.17, 15) is 9.90 Å². The van der Waals surface area contributed by atoms with Crippen molar-refractivity contribution in [2.45, 2.75) is 12.8 Å². The van der Waals surface area contributed by atoms with Gasteiger partial charge in [-0.25, -0.2) is 0 Å². The van der Waals surface area contributed by atoms with Gasteiger partial charge in [-0.15, -0.1) is 0 Å². The van der Waals surface area contributed by atoms with Crippen molar-refractivity contribution in [2.24, 2.45) is 0 Å². The molecule has 0 spiro atoms. The number of aliphatic hydroxyl groups is 1. The summed E-state index contributed by atoms with van der Waals surface area (Å²) >= 11 is 0. The predicted molar refractivity (Wildman–Crippen MR) is 86.0 cm³/mol. The zero-order chi connectivity index (χ0) is 14.9. The molecule has 0 saturated heterocycles. The molecule has 2 aromatic carbocycles. The summed E-state index contributed by atoms with van der Waals surface area (Å²) in [5.41, 5.74) is 2.10. The molecule has 1 N–H and O–H groups in total. The molecule has 2 aromatic rings. The van der Waals surface area contributed by atoms with Crippen LogP contribution in [-0.2, 0) is 11.2 Å². The highest BCUT2D eigenvalue weighted by Gasteiger charge is 2.00. The van der Waals surface area contributed by atoms with E-state index in [-0.39, 0.29) is 11.5 Å². The Morgan fingerprint density at radius 2 is 1.57 bits per heavy atom. The zero-order valence-electron chi connectivity index (χ0n) is 11.8. The number of ketones is 1. The maximum atomic E-state index is 11.8. The van der Waals surface area contributed by atoms with Gasteiger partial charge in [-0.2, -0.15) is 0 Å². The minimum Gasteiger partial charge on any atom is -0.508 e. The second kappa shape index (κ2) is 7.85. The summed E-state index contributed by atoms with van der Waals surface area (Å²) in [5.74, 6) is -0.0917. The van der Waals surface area contributed by atoms with Crippen LogP contribution in [0, 0.1) is 0 Å². The highest BCUT2D eigenvalue weighted by molar-refractivity contribution is 5.90. The lowest BCUT2D eigenvalue weighted by atomic mass is 10.1. The van der Waals surface area contributed by atoms with Crippen LogP contribution >= 0.6 is 0 Å². The van der Waals surface area contributed by atoms with E-state index in [4.69, 9.17) is 0 Å². The molecule has 0 aliphatic rings. The lowest BCUT2D eigenvalue weighted by Gasteiger charge is -1.98. The summed E-state index contributed by atoms with van der Waals surface area (Å²) in [7, 11) is 0. The van der Waals surface area contributed by atoms with Crippen LogP contribution in [-0.4, -0.2) is 10.9 Å². The number of benzene rings is 2. The minimum atomic E-state index is -0.0749. The molecule has 0 radical (unpaired) electrons. The van der Waals surface area contributed by atoms with Crippen LogP contribution in [0.5, 0.6) is 0 Å². The van der Waals surface area contributed by atoms with E-state index in [1.807, 2.05) is 60.7 Å². The molecule has 2 rings (SSSR count). The predicted octanol–water partition coefficient (Wildman–Crippen LogP) is 4.34. The molecular formula is C19H18O2. The molecule has 0 aliphatic carbocycles. The third-order valence-electron chi connectivity index (χ3n) is 3.06. The average Bonchev–Trinajstić information content (AvgIpc) is 2.53. The van der Waals surface area contributed by atoms with Crippen LogP contribution in [0.4, 0.5) is 0 Å². The summed E-state index contributed by atoms with van der Waals surface area (Å²) < 4.78 is 0. The first-order valence-electron chi connectivity index (χ1n) is 6.94. The van der Waals surface area contributed by atoms with Gasteiger partial charge in [0.25, 0.3) is 0 Å². The van der Waals surface area contributed by atoms with E-state index < -0.39 is 0 Å². The SMILES string of the molecule is O=C(/C=C(O)\C=C\c1ccccc1)CCc1ccccc1. The smallest absolute Gasteiger partial charge is 0.159 e. The minimum absolute atomic E-state index is 0.0167. The van der Waals surface area contributed by atoms with Gasteiger partial charge in [0.2, 0.25) is 0 Å². The molecule has 106 valence electrons. The third kappa shape index (κ3) is 5.49. The summed E-state index contributed by atoms with van der Waals surface area (Å²) in [4.78, 5) is 11.8. The van der Waals surface area contributed by atoms with Gasteiger partial charge in [0, 0.05) is 12.5 Å². The van der Waals surface area contributed by atoms with Crippen molar-refractivity contribution in [3.05, 3.63) is 89.7 Å². The fourth-order valence-corrected chi connectivity index (χ4v) is 1.94. The standard InChI is InChI=1S/C19H18O2/c20-18(13-11-16-7-3-1-4-8-16)15-19(21)14-12-17-9-5-2-6-10-17/h1-11,13,15,20H,12,14H2/b13-11+,18-15+. The highest BCUT2D eigenvalue weighted by atomic mass is 16.3. The molecule has 0 heterocycles. The van der Waals surface area contributed by atoms with Gasteiger partial charge in [-0.1, -0.05) is 66.7 Å². The van der Waals surface area contributed by atoms with Gasteiger partial charge in [-0.05, 0) is 23.6 Å². The Morgan fingerprint density at radius 1 is 0.952 bits per heavy atom. The normalized spacial score (nSPS) is 11.7. The Kier molecular flexibility index (Phi) is 5.53. The zero-order valence-corrected chi connectivity index (χ0v) is 11.8. The summed E-state index contributed by atoms with van der Waals surface area (Å²) in [6.45, 7) is 0. The lowest BCUT2D eigenvalue weighted by molar-refractivity contribution is -0.114. The van der Waals surface area contributed by atoms with Crippen LogP contribution in [0.15, 0.2) is 78.6 Å². The first-order chi connectivity index (χ1) is 10.2. The van der Waals surface area contributed by atoms with Gasteiger partial charge < -0.3 is 5.11 Å². The lowest BCUT2D eigenvalue weighted by Crippen LogP contribution is -1.97. The van der Waals surface area contributed by atoms with E-state index in [2.05, 4.69) is 0 Å². The Labute approximate surface area is 125 Å². The van der Waals surface area contributed by atoms with Crippen molar-refractivity contribution < 1.29 is 9.90 Å². The quantitative estimate of drug-likeness (QED) is 0.485. The Hall–Kier alpha value is -2.61. The molecule has 0 aliphatic heterocycles. The molecule has 0 aromatic heterocycles. The van der Waals surface area contributed by atoms with Crippen molar-refractivity contribution >= 4 is 11.9 Å². The number of rotatable bonds is 6. The van der Waals surface area contributed by atoms with E-state index >= 15 is 0 Å². The van der Waals surface area contributed by atoms with Gasteiger partial charge in [0.15, 0.2) is 5.78 Å². The molecule has 0 bridgehead atoms. The highest BCUT2D eigenvalue weighted by Crippen LogP contribution is 2.06. The number of aryl methyl sites for hydroxylation is 1. The van der Waals surface area contributed by atoms with Crippen LogP contribution in [0.1, 0.15) is 17.5 Å². The van der Waals surface area contributed by atoms with Crippen molar-refractivity contribution in [2.75, 3.05) is 0 Å². The average molecular weight is 278 g/mol. The molecule has 0 fully saturated rings. The summed E-state index contributed by atoms with van der Waals surface area (Å²) in [5, 5.41) is 9.73. The van der Waals surface area contributed by atoms with Crippen molar-refractivity contribution in [3.63, 3.8) is 0 Å². The summed E-state index contributed by atoms with van der Waals surface area (Å²) in [6, 6.07) is 19.5. The largest absolute Gasteiger partial charge is 0.508 e. The molecule has 0 atom stereocenters. The molecule has 21 heavy (non-hydrogen) atoms. The Balaban J connectivity index is 1.87. The monoisotopic (exact) mass is 278 g/mol. The number of allylic oxidation sites excluding steroid dienone is 2. The van der Waals surface area contributed by atoms with Crippen LogP contribution in [0.25, 0.3) is 6.08 Å². The van der Waals surface area contributed by atoms with E-state index in [0.29, 0.717) is 12.8 Å². The second-order valence-corrected chi connectivity index (χ2v) is 4.77. The first kappa shape index (κ1) is 14.8. The van der Waals surface area contributed by atoms with E-state index in [1.165, 1.54) is 12.2 Å². The van der Waals surface area contributed by atoms with Gasteiger partial charge in [0.1, 0.15) is 5.76 Å². The number of aliphatic hydroxyl groups excluding tert-OH is 1. The van der Waals surface area contributed by atoms with Crippen molar-refractivity contribution in [1.82, 2.24) is 0 Å². The second-order valence-electron chi connectivity index (χ2n) is 4.77. The van der Waals surface area contributed by atoms with E-state index in [0.717, 1.165) is 11.1 Å². The maximum absolute atomic E-state index is 11.8. The third-order valence-corrected chi connectivity index (χ3v) is 3.06. The van der Waals surface area contributed by atoms with Crippen LogP contribution < -0.4 is 0 Å². The molecule has 2 heteroatoms. The van der Waals surface area contributed by atoms with Gasteiger partial charge in [0.05, 0.1) is 0 Å². The Bertz CT molecular complexity index is 625. The van der Waals surface area contributed by atoms with Gasteiger partial charge >= 0.3 is 0 Å². The molecule has 2 nitrogen and oxygen atoms in total. The number of hydrogen-bond donors (Lipinski definition) is 1. The first-order valence-corrected chi connectivity index (χ1v) is 6.94. The number of carbonyl (C=O) groups excluding carboxylic acids is 1. The number of hydrogen-bond acceptors (Lipinski definition) is 2. The van der Waals surface area contributed by atoms with Crippen LogP contribution in [0.2, 0.25) is 0 Å². The fourth-order valence-electron chi connectivity index (χ4n) is 1.94. The molecule has 0 saturated carbocycles. The van der Waals surface area contributed by atoms with Crippen LogP contribution in [0.3, 0.4) is 0 Å². The molecule has 0 unspecified atom stereocenters. The molecular weight excluding hydrogens is 260 g/mol. The number of carbonyl (C=O) groups is 1. The molecule has 0 amide bonds. The Morgan fingerprint density at radius 3 is 2.24 bits per heavy atom.